The van der Waals surface area contributed by atoms with Gasteiger partial charge in [0.1, 0.15) is 13.2 Å². The second kappa shape index (κ2) is 4.22. The molecule has 0 unspecified atom stereocenters. The zero-order valence-corrected chi connectivity index (χ0v) is 8.80. The maximum Gasteiger partial charge on any atom is 0.235 e. The van der Waals surface area contributed by atoms with Gasteiger partial charge in [0.2, 0.25) is 6.20 Å². The average Bonchev–Trinajstić information content (AvgIpc) is 2.28. The molecule has 1 aromatic carbocycles. The maximum atomic E-state index is 10.2. The number of benzene rings is 1. The van der Waals surface area contributed by atoms with Gasteiger partial charge in [0.15, 0.2) is 11.5 Å². The molecule has 0 aromatic heterocycles. The van der Waals surface area contributed by atoms with Gasteiger partial charge in [0, 0.05) is 11.6 Å². The molecule has 5 heteroatoms. The molecule has 0 fully saturated rings. The van der Waals surface area contributed by atoms with Crippen molar-refractivity contribution in [3.05, 3.63) is 39.6 Å². The van der Waals surface area contributed by atoms with Crippen molar-refractivity contribution in [1.82, 2.24) is 0 Å². The van der Waals surface area contributed by atoms with E-state index in [4.69, 9.17) is 9.47 Å². The van der Waals surface area contributed by atoms with Crippen LogP contribution < -0.4 is 9.47 Å². The Balaban J connectivity index is 2.38. The summed E-state index contributed by atoms with van der Waals surface area (Å²) in [6.45, 7) is 2.90. The summed E-state index contributed by atoms with van der Waals surface area (Å²) < 4.78 is 10.9. The third kappa shape index (κ3) is 1.98. The maximum absolute atomic E-state index is 10.2. The van der Waals surface area contributed by atoms with Crippen LogP contribution in [-0.4, -0.2) is 18.1 Å². The molecule has 0 atom stereocenters. The van der Waals surface area contributed by atoms with Gasteiger partial charge in [0.25, 0.3) is 0 Å². The minimum Gasteiger partial charge on any atom is -0.486 e. The van der Waals surface area contributed by atoms with Gasteiger partial charge >= 0.3 is 0 Å². The number of nitro groups is 1. The van der Waals surface area contributed by atoms with Crippen LogP contribution in [0.2, 0.25) is 0 Å². The number of nitrogens with zero attached hydrogens (tertiary/aromatic N) is 1. The summed E-state index contributed by atoms with van der Waals surface area (Å²) in [7, 11) is 0. The van der Waals surface area contributed by atoms with Crippen molar-refractivity contribution in [3.8, 4) is 11.5 Å². The van der Waals surface area contributed by atoms with E-state index in [0.717, 1.165) is 17.3 Å². The molecule has 0 amide bonds. The molecule has 0 saturated carbocycles. The SMILES string of the molecule is Cc1c(/C=C/[N+](=O)[O-])ccc2c1OCCO2. The van der Waals surface area contributed by atoms with E-state index in [-0.39, 0.29) is 0 Å². The van der Waals surface area contributed by atoms with E-state index in [1.807, 2.05) is 6.92 Å². The quantitative estimate of drug-likeness (QED) is 0.566. The Morgan fingerprint density at radius 3 is 2.88 bits per heavy atom. The molecule has 2 rings (SSSR count). The molecule has 0 aliphatic carbocycles. The molecule has 1 aromatic rings. The summed E-state index contributed by atoms with van der Waals surface area (Å²) in [5.41, 5.74) is 1.62. The van der Waals surface area contributed by atoms with Crippen LogP contribution in [0.5, 0.6) is 11.5 Å². The standard InChI is InChI=1S/C11H11NO4/c1-8-9(4-5-12(13)14)2-3-10-11(8)16-7-6-15-10/h2-5H,6-7H2,1H3/b5-4+. The Hall–Kier alpha value is -2.04. The normalized spacial score (nSPS) is 14.1. The highest BCUT2D eigenvalue weighted by Crippen LogP contribution is 2.35. The Kier molecular flexibility index (Phi) is 2.76. The fourth-order valence-electron chi connectivity index (χ4n) is 1.59. The van der Waals surface area contributed by atoms with Crippen LogP contribution >= 0.6 is 0 Å². The van der Waals surface area contributed by atoms with E-state index in [2.05, 4.69) is 0 Å². The molecular formula is C11H11NO4. The van der Waals surface area contributed by atoms with Crippen LogP contribution in [0, 0.1) is 17.0 Å². The Bertz CT molecular complexity index is 454. The predicted molar refractivity (Wildman–Crippen MR) is 58.2 cm³/mol. The molecule has 16 heavy (non-hydrogen) atoms. The molecular weight excluding hydrogens is 210 g/mol. The fraction of sp³-hybridized carbons (Fsp3) is 0.273. The molecule has 0 saturated heterocycles. The predicted octanol–water partition coefficient (Wildman–Crippen LogP) is 2.01. The van der Waals surface area contributed by atoms with Gasteiger partial charge in [0.05, 0.1) is 4.92 Å². The first-order valence-corrected chi connectivity index (χ1v) is 4.89. The first kappa shape index (κ1) is 10.5. The highest BCUT2D eigenvalue weighted by molar-refractivity contribution is 5.61. The van der Waals surface area contributed by atoms with Crippen molar-refractivity contribution < 1.29 is 14.4 Å². The van der Waals surface area contributed by atoms with Crippen LogP contribution in [0.3, 0.4) is 0 Å². The van der Waals surface area contributed by atoms with Crippen LogP contribution in [0.4, 0.5) is 0 Å². The minimum absolute atomic E-state index is 0.490. The van der Waals surface area contributed by atoms with Crippen LogP contribution in [0.25, 0.3) is 6.08 Å². The molecule has 1 heterocycles. The summed E-state index contributed by atoms with van der Waals surface area (Å²) in [5, 5.41) is 10.2. The lowest BCUT2D eigenvalue weighted by molar-refractivity contribution is -0.400. The Morgan fingerprint density at radius 2 is 2.12 bits per heavy atom. The molecule has 0 radical (unpaired) electrons. The van der Waals surface area contributed by atoms with Crippen molar-refractivity contribution in [2.24, 2.45) is 0 Å². The molecule has 0 N–H and O–H groups in total. The Labute approximate surface area is 92.4 Å². The zero-order chi connectivity index (χ0) is 11.5. The topological polar surface area (TPSA) is 61.6 Å². The summed E-state index contributed by atoms with van der Waals surface area (Å²) in [6, 6.07) is 3.55. The number of fused-ring (bicyclic) bond motifs is 1. The largest absolute Gasteiger partial charge is 0.486 e. The van der Waals surface area contributed by atoms with E-state index >= 15 is 0 Å². The number of rotatable bonds is 2. The number of hydrogen-bond donors (Lipinski definition) is 0. The van der Waals surface area contributed by atoms with Gasteiger partial charge in [-0.1, -0.05) is 6.07 Å². The summed E-state index contributed by atoms with van der Waals surface area (Å²) in [5.74, 6) is 1.37. The third-order valence-electron chi connectivity index (χ3n) is 2.37. The zero-order valence-electron chi connectivity index (χ0n) is 8.80. The fourth-order valence-corrected chi connectivity index (χ4v) is 1.59. The molecule has 1 aliphatic rings. The minimum atomic E-state index is -0.490. The van der Waals surface area contributed by atoms with Gasteiger partial charge in [-0.15, -0.1) is 0 Å². The van der Waals surface area contributed by atoms with E-state index in [9.17, 15) is 10.1 Å². The first-order chi connectivity index (χ1) is 7.68. The van der Waals surface area contributed by atoms with E-state index in [0.29, 0.717) is 24.7 Å². The summed E-state index contributed by atoms with van der Waals surface area (Å²) >= 11 is 0. The second-order valence-corrected chi connectivity index (χ2v) is 3.41. The molecule has 5 nitrogen and oxygen atoms in total. The number of hydrogen-bond acceptors (Lipinski definition) is 4. The van der Waals surface area contributed by atoms with Crippen LogP contribution in [0.15, 0.2) is 18.3 Å². The lowest BCUT2D eigenvalue weighted by Crippen LogP contribution is -2.16. The molecule has 0 bridgehead atoms. The van der Waals surface area contributed by atoms with Gasteiger partial charge in [-0.3, -0.25) is 10.1 Å². The highest BCUT2D eigenvalue weighted by Gasteiger charge is 2.15. The summed E-state index contributed by atoms with van der Waals surface area (Å²) in [4.78, 5) is 9.75. The smallest absolute Gasteiger partial charge is 0.235 e. The monoisotopic (exact) mass is 221 g/mol. The van der Waals surface area contributed by atoms with E-state index < -0.39 is 4.92 Å². The summed E-state index contributed by atoms with van der Waals surface area (Å²) in [6.07, 6.45) is 2.37. The van der Waals surface area contributed by atoms with Crippen molar-refractivity contribution in [3.63, 3.8) is 0 Å². The van der Waals surface area contributed by atoms with E-state index in [1.165, 1.54) is 6.08 Å². The lowest BCUT2D eigenvalue weighted by atomic mass is 10.1. The van der Waals surface area contributed by atoms with Crippen molar-refractivity contribution in [2.45, 2.75) is 6.92 Å². The first-order valence-electron chi connectivity index (χ1n) is 4.89. The average molecular weight is 221 g/mol. The highest BCUT2D eigenvalue weighted by atomic mass is 16.6. The van der Waals surface area contributed by atoms with Crippen LogP contribution in [-0.2, 0) is 0 Å². The Morgan fingerprint density at radius 1 is 1.38 bits per heavy atom. The van der Waals surface area contributed by atoms with Crippen molar-refractivity contribution >= 4 is 6.08 Å². The van der Waals surface area contributed by atoms with Gasteiger partial charge < -0.3 is 9.47 Å². The van der Waals surface area contributed by atoms with Gasteiger partial charge in [-0.25, -0.2) is 0 Å². The van der Waals surface area contributed by atoms with Gasteiger partial charge in [-0.05, 0) is 18.6 Å². The lowest BCUT2D eigenvalue weighted by Gasteiger charge is -2.20. The van der Waals surface area contributed by atoms with Crippen LogP contribution in [0.1, 0.15) is 11.1 Å². The second-order valence-electron chi connectivity index (χ2n) is 3.41. The van der Waals surface area contributed by atoms with E-state index in [1.54, 1.807) is 12.1 Å². The van der Waals surface area contributed by atoms with Crippen molar-refractivity contribution in [2.75, 3.05) is 13.2 Å². The molecule has 84 valence electrons. The number of ether oxygens (including phenoxy) is 2. The molecule has 1 aliphatic heterocycles. The third-order valence-corrected chi connectivity index (χ3v) is 2.37. The van der Waals surface area contributed by atoms with Gasteiger partial charge in [-0.2, -0.15) is 0 Å². The van der Waals surface area contributed by atoms with Crippen molar-refractivity contribution in [1.29, 1.82) is 0 Å². The molecule has 0 spiro atoms.